The Morgan fingerprint density at radius 3 is 2.67 bits per heavy atom. The van der Waals surface area contributed by atoms with E-state index in [2.05, 4.69) is 16.3 Å². The third kappa shape index (κ3) is 4.64. The number of pyridine rings is 1. The maximum Gasteiger partial charge on any atom is 0.260 e. The summed E-state index contributed by atoms with van der Waals surface area (Å²) < 4.78 is 30.7. The first-order valence-corrected chi connectivity index (χ1v) is 14.3. The van der Waals surface area contributed by atoms with Gasteiger partial charge in [-0.25, -0.2) is 13.8 Å². The largest absolute Gasteiger partial charge is 0.317 e. The summed E-state index contributed by atoms with van der Waals surface area (Å²) in [5.74, 6) is 0.647. The number of nitrogens with zero attached hydrogens (tertiary/aromatic N) is 7. The van der Waals surface area contributed by atoms with Crippen LogP contribution in [0.2, 0.25) is 0 Å². The van der Waals surface area contributed by atoms with Crippen molar-refractivity contribution in [2.24, 2.45) is 7.05 Å². The molecule has 7 rings (SSSR count). The number of carbonyl (C=O) groups is 1. The summed E-state index contributed by atoms with van der Waals surface area (Å²) in [6.07, 6.45) is 5.34. The van der Waals surface area contributed by atoms with Gasteiger partial charge >= 0.3 is 0 Å². The number of benzene rings is 2. The first kappa shape index (κ1) is 26.4. The molecule has 8 nitrogen and oxygen atoms in total. The fourth-order valence-electron chi connectivity index (χ4n) is 6.20. The molecule has 1 saturated carbocycles. The molecule has 2 aromatic heterocycles. The molecular weight excluding hydrogens is 536 g/mol. The molecule has 212 valence electrons. The van der Waals surface area contributed by atoms with Crippen LogP contribution in [0.4, 0.5) is 14.6 Å². The quantitative estimate of drug-likeness (QED) is 0.293. The third-order valence-corrected chi connectivity index (χ3v) is 8.63. The van der Waals surface area contributed by atoms with Crippen molar-refractivity contribution in [1.82, 2.24) is 24.6 Å². The van der Waals surface area contributed by atoms with Crippen LogP contribution in [0.3, 0.4) is 0 Å². The lowest BCUT2D eigenvalue weighted by Gasteiger charge is -2.22. The number of fused-ring (bicyclic) bond motifs is 1. The Hall–Kier alpha value is -4.49. The monoisotopic (exact) mass is 565 g/mol. The third-order valence-electron chi connectivity index (χ3n) is 8.63. The first-order valence-electron chi connectivity index (χ1n) is 14.3. The van der Waals surface area contributed by atoms with Crippen LogP contribution in [-0.2, 0) is 20.1 Å². The Morgan fingerprint density at radius 1 is 1.07 bits per heavy atom. The molecule has 4 heterocycles. The average molecular weight is 566 g/mol. The van der Waals surface area contributed by atoms with Gasteiger partial charge < -0.3 is 4.57 Å². The highest BCUT2D eigenvalue weighted by molar-refractivity contribution is 6.10. The Morgan fingerprint density at radius 2 is 1.93 bits per heavy atom. The second-order valence-electron chi connectivity index (χ2n) is 11.5. The van der Waals surface area contributed by atoms with Crippen molar-refractivity contribution in [3.05, 3.63) is 82.6 Å². The van der Waals surface area contributed by atoms with E-state index < -0.39 is 12.5 Å². The lowest BCUT2D eigenvalue weighted by atomic mass is 9.96. The number of aromatic nitrogens is 4. The maximum absolute atomic E-state index is 15.4. The number of alkyl halides is 1. The highest BCUT2D eigenvalue weighted by atomic mass is 19.1. The Labute approximate surface area is 242 Å². The van der Waals surface area contributed by atoms with Gasteiger partial charge in [-0.3, -0.25) is 14.6 Å². The van der Waals surface area contributed by atoms with E-state index in [1.165, 1.54) is 6.07 Å². The summed E-state index contributed by atoms with van der Waals surface area (Å²) in [6.45, 7) is 0.832. The average Bonchev–Trinajstić information content (AvgIpc) is 3.47. The smallest absolute Gasteiger partial charge is 0.260 e. The molecule has 0 radical (unpaired) electrons. The van der Waals surface area contributed by atoms with Crippen molar-refractivity contribution in [1.29, 1.82) is 5.26 Å². The second-order valence-corrected chi connectivity index (χ2v) is 11.5. The van der Waals surface area contributed by atoms with E-state index in [9.17, 15) is 14.4 Å². The summed E-state index contributed by atoms with van der Waals surface area (Å²) >= 11 is 0. The number of hydrogen-bond donors (Lipinski definition) is 0. The fraction of sp³-hybridized carbons (Fsp3) is 0.344. The van der Waals surface area contributed by atoms with Gasteiger partial charge in [-0.15, -0.1) is 10.2 Å². The van der Waals surface area contributed by atoms with Crippen LogP contribution in [0, 0.1) is 17.1 Å². The van der Waals surface area contributed by atoms with Gasteiger partial charge in [0.1, 0.15) is 24.6 Å². The van der Waals surface area contributed by atoms with Crippen LogP contribution in [0.1, 0.15) is 64.3 Å². The number of halogens is 2. The van der Waals surface area contributed by atoms with Crippen molar-refractivity contribution in [2.75, 3.05) is 18.1 Å². The fourth-order valence-corrected chi connectivity index (χ4v) is 6.20. The molecule has 0 bridgehead atoms. The minimum Gasteiger partial charge on any atom is -0.317 e. The van der Waals surface area contributed by atoms with E-state index in [0.29, 0.717) is 46.4 Å². The zero-order valence-corrected chi connectivity index (χ0v) is 23.2. The zero-order valence-electron chi connectivity index (χ0n) is 23.2. The molecule has 4 aromatic rings. The standard InChI is InChI=1S/C32H29F2N7O/c1-39-18-36-38-31(39)25-9-19(15-35)4-7-24(25)22-12-29(21-5-6-21)37-30(13-22)41-17-27-26(32(41)42)10-20(11-28(27)34)16-40-8-2-3-23(40)14-33/h4,7,9-13,18,21,23H,2-3,5-6,8,14,16-17H2,1H3/t23-/m0/s1. The lowest BCUT2D eigenvalue weighted by Crippen LogP contribution is -2.30. The molecule has 1 aliphatic carbocycles. The predicted octanol–water partition coefficient (Wildman–Crippen LogP) is 5.53. The van der Waals surface area contributed by atoms with Gasteiger partial charge in [0, 0.05) is 47.9 Å². The summed E-state index contributed by atoms with van der Waals surface area (Å²) in [6, 6.07) is 14.6. The number of aryl methyl sites for hydroxylation is 1. The number of anilines is 1. The van der Waals surface area contributed by atoms with Gasteiger partial charge in [0.15, 0.2) is 5.82 Å². The van der Waals surface area contributed by atoms with Crippen LogP contribution in [0.15, 0.2) is 48.8 Å². The van der Waals surface area contributed by atoms with Gasteiger partial charge in [-0.05, 0) is 85.3 Å². The van der Waals surface area contributed by atoms with E-state index in [1.807, 2.05) is 30.1 Å². The van der Waals surface area contributed by atoms with Crippen molar-refractivity contribution in [3.8, 4) is 28.6 Å². The number of amides is 1. The van der Waals surface area contributed by atoms with Crippen LogP contribution in [0.5, 0.6) is 0 Å². The van der Waals surface area contributed by atoms with E-state index in [0.717, 1.165) is 54.6 Å². The second kappa shape index (κ2) is 10.4. The number of likely N-dealkylation sites (tertiary alicyclic amines) is 1. The van der Waals surface area contributed by atoms with Gasteiger partial charge in [0.2, 0.25) is 0 Å². The molecule has 3 aliphatic rings. The topological polar surface area (TPSA) is 90.9 Å². The van der Waals surface area contributed by atoms with Crippen LogP contribution in [-0.4, -0.2) is 49.8 Å². The summed E-state index contributed by atoms with van der Waals surface area (Å²) in [5.41, 5.74) is 5.15. The van der Waals surface area contributed by atoms with Gasteiger partial charge in [0.05, 0.1) is 18.2 Å². The molecule has 1 saturated heterocycles. The van der Waals surface area contributed by atoms with E-state index in [1.54, 1.807) is 34.0 Å². The van der Waals surface area contributed by atoms with Crippen LogP contribution < -0.4 is 4.90 Å². The molecule has 2 aliphatic heterocycles. The Bertz CT molecular complexity index is 1760. The van der Waals surface area contributed by atoms with Crippen molar-refractivity contribution in [2.45, 2.75) is 50.7 Å². The number of hydrogen-bond acceptors (Lipinski definition) is 6. The van der Waals surface area contributed by atoms with E-state index in [-0.39, 0.29) is 18.5 Å². The van der Waals surface area contributed by atoms with Gasteiger partial charge in [-0.2, -0.15) is 5.26 Å². The van der Waals surface area contributed by atoms with Crippen LogP contribution >= 0.6 is 0 Å². The summed E-state index contributed by atoms with van der Waals surface area (Å²) in [4.78, 5) is 22.2. The minimum atomic E-state index is -0.427. The SMILES string of the molecule is Cn1cnnc1-c1cc(C#N)ccc1-c1cc(C2CC2)nc(N2Cc3c(F)cc(CN4CCC[C@H]4CF)cc3C2=O)c1. The molecule has 0 N–H and O–H groups in total. The number of carbonyl (C=O) groups excluding carboxylic acids is 1. The molecule has 42 heavy (non-hydrogen) atoms. The van der Waals surface area contributed by atoms with Crippen molar-refractivity contribution < 1.29 is 13.6 Å². The van der Waals surface area contributed by atoms with E-state index >= 15 is 4.39 Å². The highest BCUT2D eigenvalue weighted by Gasteiger charge is 2.35. The van der Waals surface area contributed by atoms with Crippen molar-refractivity contribution in [3.63, 3.8) is 0 Å². The minimum absolute atomic E-state index is 0.0845. The zero-order chi connectivity index (χ0) is 29.0. The number of rotatable bonds is 7. The normalized spacial score (nSPS) is 18.5. The molecule has 0 unspecified atom stereocenters. The number of nitriles is 1. The molecule has 1 amide bonds. The molecular formula is C32H29F2N7O. The summed E-state index contributed by atoms with van der Waals surface area (Å²) in [5, 5.41) is 17.9. The Kier molecular flexibility index (Phi) is 6.54. The Balaban J connectivity index is 1.27. The maximum atomic E-state index is 15.4. The van der Waals surface area contributed by atoms with Crippen LogP contribution in [0.25, 0.3) is 22.5 Å². The van der Waals surface area contributed by atoms with Gasteiger partial charge in [-0.1, -0.05) is 6.07 Å². The van der Waals surface area contributed by atoms with E-state index in [4.69, 9.17) is 4.98 Å². The van der Waals surface area contributed by atoms with Gasteiger partial charge in [0.25, 0.3) is 5.91 Å². The van der Waals surface area contributed by atoms with Crippen molar-refractivity contribution >= 4 is 11.7 Å². The predicted molar refractivity (Wildman–Crippen MR) is 153 cm³/mol. The molecule has 1 atom stereocenters. The lowest BCUT2D eigenvalue weighted by molar-refractivity contribution is 0.0995. The molecule has 0 spiro atoms. The molecule has 10 heteroatoms. The highest BCUT2D eigenvalue weighted by Crippen LogP contribution is 2.43. The first-order chi connectivity index (χ1) is 20.4. The summed E-state index contributed by atoms with van der Waals surface area (Å²) in [7, 11) is 1.84. The molecule has 2 fully saturated rings. The molecule has 2 aromatic carbocycles.